The molecule has 3 aliphatic carbocycles. The molecule has 108 valence electrons. The standard InChI is InChI=1S/C18H24O2/c1-11-15(9-14-10-16(11)18(14,2)3)12-6-5-7-13(8-12)17(19)20-4/h5-8,11,14-16H,9-10H2,1-4H3/t11-,14+,15-,16+/m1/s1. The van der Waals surface area contributed by atoms with Crippen molar-refractivity contribution >= 4 is 5.97 Å². The summed E-state index contributed by atoms with van der Waals surface area (Å²) >= 11 is 0. The van der Waals surface area contributed by atoms with Gasteiger partial charge >= 0.3 is 5.97 Å². The first-order valence-corrected chi connectivity index (χ1v) is 7.63. The van der Waals surface area contributed by atoms with E-state index in [4.69, 9.17) is 4.74 Å². The Labute approximate surface area is 121 Å². The van der Waals surface area contributed by atoms with Crippen LogP contribution in [0.1, 0.15) is 55.5 Å². The van der Waals surface area contributed by atoms with Crippen LogP contribution in [0.25, 0.3) is 0 Å². The lowest BCUT2D eigenvalue weighted by Gasteiger charge is -2.62. The van der Waals surface area contributed by atoms with Crippen LogP contribution in [0.2, 0.25) is 0 Å². The van der Waals surface area contributed by atoms with Crippen LogP contribution in [0, 0.1) is 23.2 Å². The highest BCUT2D eigenvalue weighted by atomic mass is 16.5. The van der Waals surface area contributed by atoms with E-state index in [-0.39, 0.29) is 5.97 Å². The molecule has 2 heteroatoms. The number of carbonyl (C=O) groups excluding carboxylic acids is 1. The Kier molecular flexibility index (Phi) is 3.15. The highest BCUT2D eigenvalue weighted by molar-refractivity contribution is 5.89. The molecular formula is C18H24O2. The van der Waals surface area contributed by atoms with Gasteiger partial charge < -0.3 is 4.74 Å². The zero-order valence-corrected chi connectivity index (χ0v) is 12.8. The number of esters is 1. The zero-order valence-electron chi connectivity index (χ0n) is 12.8. The van der Waals surface area contributed by atoms with E-state index in [1.165, 1.54) is 25.5 Å². The van der Waals surface area contributed by atoms with Gasteiger partial charge in [0.2, 0.25) is 0 Å². The maximum atomic E-state index is 11.7. The maximum Gasteiger partial charge on any atom is 0.337 e. The van der Waals surface area contributed by atoms with Crippen LogP contribution in [0.3, 0.4) is 0 Å². The van der Waals surface area contributed by atoms with Gasteiger partial charge in [-0.3, -0.25) is 0 Å². The van der Waals surface area contributed by atoms with E-state index in [2.05, 4.69) is 26.8 Å². The molecule has 0 N–H and O–H groups in total. The predicted octanol–water partition coefficient (Wildman–Crippen LogP) is 4.26. The molecule has 4 rings (SSSR count). The summed E-state index contributed by atoms with van der Waals surface area (Å²) in [7, 11) is 1.44. The van der Waals surface area contributed by atoms with E-state index in [0.717, 1.165) is 11.8 Å². The second kappa shape index (κ2) is 4.61. The van der Waals surface area contributed by atoms with Gasteiger partial charge in [0.25, 0.3) is 0 Å². The third-order valence-electron chi connectivity index (χ3n) is 6.09. The normalized spacial score (nSPS) is 34.2. The van der Waals surface area contributed by atoms with Crippen LogP contribution in [0.5, 0.6) is 0 Å². The average molecular weight is 272 g/mol. The molecule has 3 saturated carbocycles. The van der Waals surface area contributed by atoms with Crippen LogP contribution >= 0.6 is 0 Å². The fourth-order valence-electron chi connectivity index (χ4n) is 4.60. The van der Waals surface area contributed by atoms with Gasteiger partial charge in [0.15, 0.2) is 0 Å². The Balaban J connectivity index is 1.86. The molecule has 0 heterocycles. The Morgan fingerprint density at radius 3 is 2.65 bits per heavy atom. The molecule has 0 amide bonds. The van der Waals surface area contributed by atoms with Gasteiger partial charge in [-0.2, -0.15) is 0 Å². The summed E-state index contributed by atoms with van der Waals surface area (Å²) in [6, 6.07) is 8.03. The van der Waals surface area contributed by atoms with Crippen LogP contribution in [0.15, 0.2) is 24.3 Å². The first-order chi connectivity index (χ1) is 9.45. The summed E-state index contributed by atoms with van der Waals surface area (Å²) in [5.74, 6) is 2.73. The molecule has 2 nitrogen and oxygen atoms in total. The van der Waals surface area contributed by atoms with Gasteiger partial charge in [0.05, 0.1) is 12.7 Å². The van der Waals surface area contributed by atoms with Gasteiger partial charge in [-0.1, -0.05) is 32.9 Å². The monoisotopic (exact) mass is 272 g/mol. The number of methoxy groups -OCH3 is 1. The molecular weight excluding hydrogens is 248 g/mol. The van der Waals surface area contributed by atoms with E-state index >= 15 is 0 Å². The Bertz CT molecular complexity index is 532. The highest BCUT2D eigenvalue weighted by Crippen LogP contribution is 2.64. The van der Waals surface area contributed by atoms with Gasteiger partial charge in [0.1, 0.15) is 0 Å². The molecule has 0 saturated heterocycles. The average Bonchev–Trinajstić information content (AvgIpc) is 2.46. The third kappa shape index (κ3) is 1.88. The van der Waals surface area contributed by atoms with E-state index in [0.29, 0.717) is 22.8 Å². The van der Waals surface area contributed by atoms with E-state index in [1.54, 1.807) is 0 Å². The minimum atomic E-state index is -0.235. The maximum absolute atomic E-state index is 11.7. The van der Waals surface area contributed by atoms with E-state index in [1.807, 2.05) is 18.2 Å². The van der Waals surface area contributed by atoms with Crippen molar-refractivity contribution in [3.63, 3.8) is 0 Å². The zero-order chi connectivity index (χ0) is 14.5. The second-order valence-electron chi connectivity index (χ2n) is 7.18. The summed E-state index contributed by atoms with van der Waals surface area (Å²) in [6.07, 6.45) is 2.65. The molecule has 2 bridgehead atoms. The lowest BCUT2D eigenvalue weighted by Crippen LogP contribution is -2.54. The van der Waals surface area contributed by atoms with Crippen molar-refractivity contribution in [2.45, 2.75) is 39.5 Å². The number of ether oxygens (including phenoxy) is 1. The van der Waals surface area contributed by atoms with Gasteiger partial charge in [-0.15, -0.1) is 0 Å². The van der Waals surface area contributed by atoms with Crippen molar-refractivity contribution in [3.8, 4) is 0 Å². The van der Waals surface area contributed by atoms with Crippen molar-refractivity contribution < 1.29 is 9.53 Å². The SMILES string of the molecule is COC(=O)c1cccc([C@@H]2C[C@H]3C[C@@H]([C@@H]2C)C3(C)C)c1. The number of hydrogen-bond acceptors (Lipinski definition) is 2. The largest absolute Gasteiger partial charge is 0.465 e. The topological polar surface area (TPSA) is 26.3 Å². The lowest BCUT2D eigenvalue weighted by atomic mass is 9.43. The first-order valence-electron chi connectivity index (χ1n) is 7.63. The Hall–Kier alpha value is -1.31. The number of carbonyl (C=O) groups is 1. The van der Waals surface area contributed by atoms with Crippen molar-refractivity contribution in [1.29, 1.82) is 0 Å². The lowest BCUT2D eigenvalue weighted by molar-refractivity contribution is -0.110. The molecule has 4 atom stereocenters. The summed E-state index contributed by atoms with van der Waals surface area (Å²) < 4.78 is 4.83. The molecule has 0 unspecified atom stereocenters. The van der Waals surface area contributed by atoms with Crippen LogP contribution in [0.4, 0.5) is 0 Å². The summed E-state index contributed by atoms with van der Waals surface area (Å²) in [6.45, 7) is 7.23. The second-order valence-corrected chi connectivity index (χ2v) is 7.18. The van der Waals surface area contributed by atoms with Crippen molar-refractivity contribution in [2.75, 3.05) is 7.11 Å². The van der Waals surface area contributed by atoms with Crippen LogP contribution < -0.4 is 0 Å². The van der Waals surface area contributed by atoms with Crippen molar-refractivity contribution in [3.05, 3.63) is 35.4 Å². The molecule has 0 aliphatic heterocycles. The van der Waals surface area contributed by atoms with Crippen molar-refractivity contribution in [1.82, 2.24) is 0 Å². The Morgan fingerprint density at radius 1 is 1.30 bits per heavy atom. The molecule has 3 fully saturated rings. The van der Waals surface area contributed by atoms with Crippen molar-refractivity contribution in [2.24, 2.45) is 23.2 Å². The first kappa shape index (κ1) is 13.7. The van der Waals surface area contributed by atoms with E-state index < -0.39 is 0 Å². The van der Waals surface area contributed by atoms with E-state index in [9.17, 15) is 4.79 Å². The summed E-state index contributed by atoms with van der Waals surface area (Å²) in [5.41, 5.74) is 2.50. The molecule has 1 aromatic carbocycles. The number of fused-ring (bicyclic) bond motifs is 2. The van der Waals surface area contributed by atoms with Gasteiger partial charge in [0, 0.05) is 0 Å². The fourth-order valence-corrected chi connectivity index (χ4v) is 4.60. The van der Waals surface area contributed by atoms with Crippen LogP contribution in [-0.4, -0.2) is 13.1 Å². The van der Waals surface area contributed by atoms with Crippen LogP contribution in [-0.2, 0) is 4.74 Å². The number of benzene rings is 1. The fraction of sp³-hybridized carbons (Fsp3) is 0.611. The van der Waals surface area contributed by atoms with Gasteiger partial charge in [-0.25, -0.2) is 4.79 Å². The minimum absolute atomic E-state index is 0.235. The molecule has 3 aliphatic rings. The number of hydrogen-bond donors (Lipinski definition) is 0. The van der Waals surface area contributed by atoms with Gasteiger partial charge in [-0.05, 0) is 59.6 Å². The summed E-state index contributed by atoms with van der Waals surface area (Å²) in [4.78, 5) is 11.7. The number of rotatable bonds is 2. The smallest absolute Gasteiger partial charge is 0.337 e. The minimum Gasteiger partial charge on any atom is -0.465 e. The molecule has 0 radical (unpaired) electrons. The molecule has 1 aromatic rings. The molecule has 0 spiro atoms. The highest BCUT2D eigenvalue weighted by Gasteiger charge is 2.56. The molecule has 0 aromatic heterocycles. The Morgan fingerprint density at radius 2 is 2.05 bits per heavy atom. The summed E-state index contributed by atoms with van der Waals surface area (Å²) in [5, 5.41) is 0. The quantitative estimate of drug-likeness (QED) is 0.752. The third-order valence-corrected chi connectivity index (χ3v) is 6.09. The molecule has 20 heavy (non-hydrogen) atoms. The predicted molar refractivity (Wildman–Crippen MR) is 79.7 cm³/mol.